The van der Waals surface area contributed by atoms with Crippen LogP contribution in [0.4, 0.5) is 18.0 Å². The summed E-state index contributed by atoms with van der Waals surface area (Å²) in [6.45, 7) is 1.70. The fraction of sp³-hybridized carbons (Fsp3) is 0.292. The number of alkyl halides is 3. The second-order valence-corrected chi connectivity index (χ2v) is 10.2. The van der Waals surface area contributed by atoms with Crippen LogP contribution in [0.15, 0.2) is 64.8 Å². The summed E-state index contributed by atoms with van der Waals surface area (Å²) in [5.74, 6) is -0.647. The summed E-state index contributed by atoms with van der Waals surface area (Å²) in [6, 6.07) is 12.3. The smallest absolute Gasteiger partial charge is 0.435 e. The lowest BCUT2D eigenvalue weighted by atomic mass is 10.1. The highest BCUT2D eigenvalue weighted by Crippen LogP contribution is 2.33. The zero-order valence-electron chi connectivity index (χ0n) is 22.4. The van der Waals surface area contributed by atoms with E-state index >= 15 is 0 Å². The average Bonchev–Trinajstić information content (AvgIpc) is 3.37. The quantitative estimate of drug-likeness (QED) is 0.0842. The van der Waals surface area contributed by atoms with Crippen LogP contribution in [0.1, 0.15) is 18.2 Å². The number of carbonyl (C=O) groups is 2. The predicted molar refractivity (Wildman–Crippen MR) is 137 cm³/mol. The first-order valence-corrected chi connectivity index (χ1v) is 13.3. The number of hydrogen-bond acceptors (Lipinski definition) is 10. The second kappa shape index (κ2) is 13.2. The topological polar surface area (TPSA) is 167 Å². The molecule has 0 saturated carbocycles. The molecule has 0 atom stereocenters. The minimum atomic E-state index is -4.72. The largest absolute Gasteiger partial charge is 0.569 e. The molecule has 0 aliphatic heterocycles. The maximum Gasteiger partial charge on any atom is 0.435 e. The van der Waals surface area contributed by atoms with Crippen molar-refractivity contribution in [3.8, 4) is 16.9 Å². The Morgan fingerprint density at radius 2 is 1.76 bits per heavy atom. The van der Waals surface area contributed by atoms with Crippen LogP contribution in [-0.4, -0.2) is 67.2 Å². The molecule has 42 heavy (non-hydrogen) atoms. The van der Waals surface area contributed by atoms with Gasteiger partial charge in [-0.15, -0.1) is 5.01 Å². The normalized spacial score (nSPS) is 12.0. The third-order valence-corrected chi connectivity index (χ3v) is 6.67. The lowest BCUT2D eigenvalue weighted by molar-refractivity contribution is -0.706. The Morgan fingerprint density at radius 3 is 2.36 bits per heavy atom. The van der Waals surface area contributed by atoms with Crippen molar-refractivity contribution >= 4 is 22.1 Å². The number of hydrazine groups is 1. The van der Waals surface area contributed by atoms with Crippen molar-refractivity contribution in [2.75, 3.05) is 27.0 Å². The van der Waals surface area contributed by atoms with E-state index < -0.39 is 47.4 Å². The van der Waals surface area contributed by atoms with Gasteiger partial charge >= 0.3 is 18.2 Å². The highest BCUT2D eigenvalue weighted by Gasteiger charge is 2.35. The Morgan fingerprint density at radius 1 is 1.12 bits per heavy atom. The molecule has 14 nitrogen and oxygen atoms in total. The molecule has 0 aliphatic rings. The van der Waals surface area contributed by atoms with Gasteiger partial charge in [-0.1, -0.05) is 29.8 Å². The third-order valence-electron chi connectivity index (χ3n) is 5.34. The molecule has 3 aromatic rings. The second-order valence-electron chi connectivity index (χ2n) is 8.52. The van der Waals surface area contributed by atoms with E-state index in [1.807, 2.05) is 6.92 Å². The summed E-state index contributed by atoms with van der Waals surface area (Å²) in [6.07, 6.45) is -6.07. The minimum absolute atomic E-state index is 0.0232. The maximum atomic E-state index is 13.4. The van der Waals surface area contributed by atoms with E-state index in [2.05, 4.69) is 20.0 Å². The lowest BCUT2D eigenvalue weighted by Gasteiger charge is -2.13. The first-order chi connectivity index (χ1) is 19.7. The fourth-order valence-corrected chi connectivity index (χ4v) is 4.10. The number of hydrogen-bond donors (Lipinski definition) is 1. The number of rotatable bonds is 11. The number of esters is 1. The Balaban J connectivity index is 1.65. The van der Waals surface area contributed by atoms with Crippen LogP contribution in [0.2, 0.25) is 0 Å². The number of carbonyl (C=O) groups excluding carboxylic acids is 2. The van der Waals surface area contributed by atoms with E-state index in [0.717, 1.165) is 40.4 Å². The minimum Gasteiger partial charge on any atom is -0.569 e. The number of amides is 1. The van der Waals surface area contributed by atoms with Gasteiger partial charge in [0.05, 0.1) is 28.3 Å². The van der Waals surface area contributed by atoms with E-state index in [0.29, 0.717) is 5.56 Å². The van der Waals surface area contributed by atoms with Crippen molar-refractivity contribution in [1.29, 1.82) is 0 Å². The van der Waals surface area contributed by atoms with Gasteiger partial charge in [-0.25, -0.2) is 22.6 Å². The molecule has 0 aliphatic carbocycles. The number of nitrogens with zero attached hydrogens (tertiary/aromatic N) is 5. The molecule has 0 spiro atoms. The van der Waals surface area contributed by atoms with E-state index in [1.54, 1.807) is 29.0 Å². The van der Waals surface area contributed by atoms with Gasteiger partial charge in [-0.2, -0.15) is 18.3 Å². The molecular weight excluding hydrogens is 589 g/mol. The zero-order valence-corrected chi connectivity index (χ0v) is 23.2. The molecule has 0 bridgehead atoms. The van der Waals surface area contributed by atoms with Gasteiger partial charge in [0.15, 0.2) is 5.69 Å². The number of halogens is 3. The van der Waals surface area contributed by atoms with Gasteiger partial charge in [-0.05, 0) is 37.3 Å². The SMILES string of the molecule is CC(=O)OCON=[N+]([O-])N(C)CCOC(=O)NS(=O)(=O)c1ccc(-n2nc(C(F)(F)F)cc2-c2ccc(C)cc2)cc1. The Bertz CT molecular complexity index is 1540. The summed E-state index contributed by atoms with van der Waals surface area (Å²) >= 11 is 0. The molecule has 1 heterocycles. The molecule has 0 saturated heterocycles. The maximum absolute atomic E-state index is 13.4. The van der Waals surface area contributed by atoms with Crippen LogP contribution >= 0.6 is 0 Å². The van der Waals surface area contributed by atoms with E-state index in [-0.39, 0.29) is 27.8 Å². The molecule has 3 rings (SSSR count). The van der Waals surface area contributed by atoms with E-state index in [1.165, 1.54) is 19.2 Å². The third kappa shape index (κ3) is 8.56. The number of aromatic nitrogens is 2. The highest BCUT2D eigenvalue weighted by atomic mass is 32.2. The van der Waals surface area contributed by atoms with E-state index in [9.17, 15) is 36.4 Å². The zero-order chi connectivity index (χ0) is 31.1. The van der Waals surface area contributed by atoms with Crippen molar-refractivity contribution in [3.05, 3.63) is 71.1 Å². The van der Waals surface area contributed by atoms with Crippen LogP contribution in [0.25, 0.3) is 16.9 Å². The molecule has 1 aromatic heterocycles. The van der Waals surface area contributed by atoms with Crippen molar-refractivity contribution in [2.24, 2.45) is 5.28 Å². The summed E-state index contributed by atoms with van der Waals surface area (Å²) in [5, 5.41) is 19.3. The molecule has 1 N–H and O–H groups in total. The Labute approximate surface area is 237 Å². The van der Waals surface area contributed by atoms with Gasteiger partial charge in [0.2, 0.25) is 5.28 Å². The van der Waals surface area contributed by atoms with Gasteiger partial charge < -0.3 is 19.5 Å². The molecule has 1 amide bonds. The number of nitrogens with one attached hydrogen (secondary N) is 1. The number of ether oxygens (including phenoxy) is 2. The van der Waals surface area contributed by atoms with Gasteiger partial charge in [0, 0.05) is 12.5 Å². The Kier molecular flexibility index (Phi) is 9.95. The van der Waals surface area contributed by atoms with Crippen LogP contribution in [0.3, 0.4) is 0 Å². The first kappa shape index (κ1) is 31.7. The Hall–Kier alpha value is -4.87. The number of sulfonamides is 1. The number of aryl methyl sites for hydroxylation is 1. The van der Waals surface area contributed by atoms with Crippen LogP contribution in [0.5, 0.6) is 0 Å². The number of benzene rings is 2. The molecule has 0 unspecified atom stereocenters. The summed E-state index contributed by atoms with van der Waals surface area (Å²) < 4.78 is 77.4. The van der Waals surface area contributed by atoms with Crippen molar-refractivity contribution in [1.82, 2.24) is 19.5 Å². The van der Waals surface area contributed by atoms with Crippen LogP contribution in [0, 0.1) is 12.1 Å². The standard InChI is InChI=1S/C24H25F3N6O8S/c1-16-4-6-18(7-5-16)21-14-22(24(25,26)27)28-32(21)19-8-10-20(11-9-19)42(37,38)29-23(35)39-13-12-31(3)33(36)30-41-15-40-17(2)34/h4-11,14H,12-13,15H2,1-3H3,(H,29,35). The van der Waals surface area contributed by atoms with Crippen molar-refractivity contribution in [3.63, 3.8) is 0 Å². The first-order valence-electron chi connectivity index (χ1n) is 11.9. The van der Waals surface area contributed by atoms with Crippen molar-refractivity contribution < 1.29 is 50.5 Å². The summed E-state index contributed by atoms with van der Waals surface area (Å²) in [5.41, 5.74) is 0.491. The number of likely N-dealkylation sites (N-methyl/N-ethyl adjacent to an activating group) is 1. The molecular formula is C24H25F3N6O8S. The molecule has 0 radical (unpaired) electrons. The van der Waals surface area contributed by atoms with Crippen LogP contribution < -0.4 is 4.72 Å². The summed E-state index contributed by atoms with van der Waals surface area (Å²) in [4.78, 5) is 26.7. The van der Waals surface area contributed by atoms with Gasteiger partial charge in [0.25, 0.3) is 16.8 Å². The van der Waals surface area contributed by atoms with Crippen molar-refractivity contribution in [2.45, 2.75) is 24.9 Å². The summed E-state index contributed by atoms with van der Waals surface area (Å²) in [7, 11) is -3.18. The van der Waals surface area contributed by atoms with E-state index in [4.69, 9.17) is 4.74 Å². The monoisotopic (exact) mass is 614 g/mol. The fourth-order valence-electron chi connectivity index (χ4n) is 3.21. The van der Waals surface area contributed by atoms with Gasteiger partial charge in [-0.3, -0.25) is 4.79 Å². The molecule has 226 valence electrons. The average molecular weight is 615 g/mol. The van der Waals surface area contributed by atoms with Gasteiger partial charge in [0.1, 0.15) is 13.2 Å². The van der Waals surface area contributed by atoms with Crippen LogP contribution in [-0.2, 0) is 35.3 Å². The molecule has 0 fully saturated rings. The lowest BCUT2D eigenvalue weighted by Crippen LogP contribution is -2.35. The molecule has 2 aromatic carbocycles. The molecule has 18 heteroatoms. The highest BCUT2D eigenvalue weighted by molar-refractivity contribution is 7.90. The predicted octanol–water partition coefficient (Wildman–Crippen LogP) is 3.54.